The molecule has 1 heterocycles. The first-order valence-corrected chi connectivity index (χ1v) is 15.9. The van der Waals surface area contributed by atoms with Gasteiger partial charge in [-0.1, -0.05) is 48.5 Å². The third-order valence-electron chi connectivity index (χ3n) is 8.99. The Kier molecular flexibility index (Phi) is 9.56. The van der Waals surface area contributed by atoms with Crippen LogP contribution in [0.25, 0.3) is 11.1 Å². The summed E-state index contributed by atoms with van der Waals surface area (Å²) in [6.45, 7) is 2.47. The molecule has 2 fully saturated rings. The van der Waals surface area contributed by atoms with Crippen molar-refractivity contribution < 1.29 is 28.5 Å². The standard InChI is InChI=1S/C36H43N3O6/c1-42-14-7-15-44-29-17-24(16-28(19-29)43-2)20-39(27-12-13-27)35(40)25-18-26(37)22-38(21-25)36(41)45-23-34-32-10-5-3-8-30(32)31-9-4-6-11-33(31)34/h3-6,8-11,16-17,19,25-27,34H,7,12-15,18,20-23,37H2,1-2H3. The van der Waals surface area contributed by atoms with Gasteiger partial charge in [0.25, 0.3) is 0 Å². The lowest BCUT2D eigenvalue weighted by Crippen LogP contribution is -2.54. The van der Waals surface area contributed by atoms with Crippen LogP contribution in [0.4, 0.5) is 4.79 Å². The van der Waals surface area contributed by atoms with Crippen molar-refractivity contribution >= 4 is 12.0 Å². The summed E-state index contributed by atoms with van der Waals surface area (Å²) in [6.07, 6.45) is 2.81. The molecule has 238 valence electrons. The second kappa shape index (κ2) is 13.9. The first-order chi connectivity index (χ1) is 21.9. The SMILES string of the molecule is COCCCOc1cc(CN(C(=O)C2CC(N)CN(C(=O)OCC3c4ccccc4-c4ccccc43)C2)C2CC2)cc(OC)c1. The number of hydrogen-bond donors (Lipinski definition) is 1. The number of carbonyl (C=O) groups is 2. The molecule has 0 bridgehead atoms. The Hall–Kier alpha value is -4.08. The molecule has 1 aliphatic heterocycles. The van der Waals surface area contributed by atoms with Crippen molar-refractivity contribution in [1.29, 1.82) is 0 Å². The lowest BCUT2D eigenvalue weighted by Gasteiger charge is -2.37. The number of benzene rings is 3. The average molecular weight is 614 g/mol. The molecule has 45 heavy (non-hydrogen) atoms. The van der Waals surface area contributed by atoms with Gasteiger partial charge in [0, 0.05) is 63.8 Å². The highest BCUT2D eigenvalue weighted by atomic mass is 16.6. The van der Waals surface area contributed by atoms with Crippen molar-refractivity contribution in [3.05, 3.63) is 83.4 Å². The third-order valence-corrected chi connectivity index (χ3v) is 8.99. The topological polar surface area (TPSA) is 104 Å². The molecular weight excluding hydrogens is 570 g/mol. The van der Waals surface area contributed by atoms with Gasteiger partial charge < -0.3 is 34.5 Å². The van der Waals surface area contributed by atoms with E-state index in [-0.39, 0.29) is 30.5 Å². The Morgan fingerprint density at radius 2 is 1.60 bits per heavy atom. The zero-order chi connectivity index (χ0) is 31.3. The van der Waals surface area contributed by atoms with E-state index in [0.717, 1.165) is 36.0 Å². The lowest BCUT2D eigenvalue weighted by molar-refractivity contribution is -0.138. The van der Waals surface area contributed by atoms with Crippen LogP contribution >= 0.6 is 0 Å². The summed E-state index contributed by atoms with van der Waals surface area (Å²) < 4.78 is 22.5. The minimum Gasteiger partial charge on any atom is -0.497 e. The van der Waals surface area contributed by atoms with Crippen LogP contribution < -0.4 is 15.2 Å². The fourth-order valence-corrected chi connectivity index (χ4v) is 6.67. The highest BCUT2D eigenvalue weighted by molar-refractivity contribution is 5.81. The highest BCUT2D eigenvalue weighted by Gasteiger charge is 2.40. The number of nitrogens with zero attached hydrogens (tertiary/aromatic N) is 2. The van der Waals surface area contributed by atoms with Gasteiger partial charge >= 0.3 is 6.09 Å². The zero-order valence-electron chi connectivity index (χ0n) is 26.2. The van der Waals surface area contributed by atoms with Gasteiger partial charge in [0.2, 0.25) is 5.91 Å². The Bertz CT molecular complexity index is 1460. The molecule has 1 saturated carbocycles. The summed E-state index contributed by atoms with van der Waals surface area (Å²) in [5.74, 6) is 0.974. The zero-order valence-corrected chi connectivity index (χ0v) is 26.2. The van der Waals surface area contributed by atoms with Gasteiger partial charge in [-0.05, 0) is 59.2 Å². The van der Waals surface area contributed by atoms with E-state index in [4.69, 9.17) is 24.7 Å². The lowest BCUT2D eigenvalue weighted by atomic mass is 9.93. The maximum atomic E-state index is 14.0. The van der Waals surface area contributed by atoms with E-state index in [1.165, 1.54) is 11.1 Å². The maximum absolute atomic E-state index is 14.0. The molecule has 3 aliphatic rings. The van der Waals surface area contributed by atoms with Gasteiger partial charge in [-0.25, -0.2) is 4.79 Å². The second-order valence-electron chi connectivity index (χ2n) is 12.3. The summed E-state index contributed by atoms with van der Waals surface area (Å²) in [5, 5.41) is 0. The molecule has 9 nitrogen and oxygen atoms in total. The molecule has 2 N–H and O–H groups in total. The van der Waals surface area contributed by atoms with Crippen LogP contribution in [0.1, 0.15) is 48.3 Å². The maximum Gasteiger partial charge on any atom is 0.409 e. The molecule has 0 aromatic heterocycles. The number of likely N-dealkylation sites (tertiary alicyclic amines) is 1. The smallest absolute Gasteiger partial charge is 0.409 e. The number of carbonyl (C=O) groups excluding carboxylic acids is 2. The van der Waals surface area contributed by atoms with E-state index >= 15 is 0 Å². The van der Waals surface area contributed by atoms with Crippen LogP contribution in [0.5, 0.6) is 11.5 Å². The molecule has 2 amide bonds. The Balaban J connectivity index is 1.11. The van der Waals surface area contributed by atoms with Gasteiger partial charge in [-0.15, -0.1) is 0 Å². The predicted octanol–water partition coefficient (Wildman–Crippen LogP) is 5.20. The minimum absolute atomic E-state index is 0.0227. The molecule has 1 saturated heterocycles. The van der Waals surface area contributed by atoms with Crippen molar-refractivity contribution in [2.75, 3.05) is 47.1 Å². The van der Waals surface area contributed by atoms with Crippen LogP contribution in [0, 0.1) is 5.92 Å². The molecule has 3 aromatic rings. The van der Waals surface area contributed by atoms with Gasteiger partial charge in [0.1, 0.15) is 18.1 Å². The number of ether oxygens (including phenoxy) is 4. The van der Waals surface area contributed by atoms with Crippen molar-refractivity contribution in [2.45, 2.75) is 50.2 Å². The molecule has 2 unspecified atom stereocenters. The third kappa shape index (κ3) is 7.10. The first-order valence-electron chi connectivity index (χ1n) is 15.9. The average Bonchev–Trinajstić information content (AvgIpc) is 3.86. The van der Waals surface area contributed by atoms with Gasteiger partial charge in [-0.2, -0.15) is 0 Å². The number of hydrogen-bond acceptors (Lipinski definition) is 7. The van der Waals surface area contributed by atoms with E-state index in [1.807, 2.05) is 47.4 Å². The number of amides is 2. The minimum atomic E-state index is -0.425. The fourth-order valence-electron chi connectivity index (χ4n) is 6.67. The van der Waals surface area contributed by atoms with Crippen molar-refractivity contribution in [2.24, 2.45) is 11.7 Å². The van der Waals surface area contributed by atoms with Gasteiger partial charge in [0.15, 0.2) is 0 Å². The summed E-state index contributed by atoms with van der Waals surface area (Å²) in [7, 11) is 3.29. The van der Waals surface area contributed by atoms with Crippen molar-refractivity contribution in [3.8, 4) is 22.6 Å². The van der Waals surface area contributed by atoms with Gasteiger partial charge in [-0.3, -0.25) is 4.79 Å². The normalized spacial score (nSPS) is 19.0. The first kappa shape index (κ1) is 30.9. The highest BCUT2D eigenvalue weighted by Crippen LogP contribution is 2.44. The second-order valence-corrected chi connectivity index (χ2v) is 12.3. The molecule has 3 aromatic carbocycles. The van der Waals surface area contributed by atoms with Gasteiger partial charge in [0.05, 0.1) is 19.6 Å². The van der Waals surface area contributed by atoms with E-state index in [9.17, 15) is 9.59 Å². The Morgan fingerprint density at radius 1 is 0.911 bits per heavy atom. The van der Waals surface area contributed by atoms with Crippen LogP contribution in [0.3, 0.4) is 0 Å². The summed E-state index contributed by atoms with van der Waals surface area (Å²) in [6, 6.07) is 22.2. The number of nitrogens with two attached hydrogens (primary N) is 1. The molecule has 2 aliphatic carbocycles. The van der Waals surface area contributed by atoms with Crippen molar-refractivity contribution in [3.63, 3.8) is 0 Å². The van der Waals surface area contributed by atoms with E-state index in [1.54, 1.807) is 19.1 Å². The fraction of sp³-hybridized carbons (Fsp3) is 0.444. The molecule has 0 spiro atoms. The monoisotopic (exact) mass is 613 g/mol. The molecule has 0 radical (unpaired) electrons. The summed E-state index contributed by atoms with van der Waals surface area (Å²) in [5.41, 5.74) is 12.1. The van der Waals surface area contributed by atoms with Crippen molar-refractivity contribution in [1.82, 2.24) is 9.80 Å². The Labute approximate surface area is 265 Å². The largest absolute Gasteiger partial charge is 0.497 e. The summed E-state index contributed by atoms with van der Waals surface area (Å²) >= 11 is 0. The quantitative estimate of drug-likeness (QED) is 0.280. The Morgan fingerprint density at radius 3 is 2.27 bits per heavy atom. The number of methoxy groups -OCH3 is 2. The van der Waals surface area contributed by atoms with E-state index < -0.39 is 12.0 Å². The van der Waals surface area contributed by atoms with Crippen LogP contribution in [0.15, 0.2) is 66.7 Å². The number of rotatable bonds is 12. The summed E-state index contributed by atoms with van der Waals surface area (Å²) in [4.78, 5) is 31.0. The predicted molar refractivity (Wildman–Crippen MR) is 171 cm³/mol. The molecule has 9 heteroatoms. The van der Waals surface area contributed by atoms with E-state index in [2.05, 4.69) is 24.3 Å². The number of piperidine rings is 1. The van der Waals surface area contributed by atoms with Crippen LogP contribution in [-0.4, -0.2) is 81.0 Å². The van der Waals surface area contributed by atoms with Crippen LogP contribution in [0.2, 0.25) is 0 Å². The number of fused-ring (bicyclic) bond motifs is 3. The molecular formula is C36H43N3O6. The van der Waals surface area contributed by atoms with E-state index in [0.29, 0.717) is 50.8 Å². The molecule has 6 rings (SSSR count). The molecule has 2 atom stereocenters. The van der Waals surface area contributed by atoms with Crippen LogP contribution in [-0.2, 0) is 20.8 Å².